The summed E-state index contributed by atoms with van der Waals surface area (Å²) in [5, 5.41) is 0. The number of aliphatic imine (C=N–C) groups is 1. The van der Waals surface area contributed by atoms with Gasteiger partial charge in [0.1, 0.15) is 12.4 Å². The molecule has 0 radical (unpaired) electrons. The van der Waals surface area contributed by atoms with Gasteiger partial charge in [-0.15, -0.1) is 24.0 Å². The van der Waals surface area contributed by atoms with Crippen molar-refractivity contribution in [3.63, 3.8) is 0 Å². The number of halogens is 1. The van der Waals surface area contributed by atoms with E-state index in [0.29, 0.717) is 12.5 Å². The Kier molecular flexibility index (Phi) is 10.9. The molecule has 1 aliphatic heterocycles. The highest BCUT2D eigenvalue weighted by Gasteiger charge is 2.11. The molecule has 0 aliphatic carbocycles. The van der Waals surface area contributed by atoms with Crippen molar-refractivity contribution in [2.45, 2.75) is 39.7 Å². The molecular formula is C19H33IN4O. The fourth-order valence-electron chi connectivity index (χ4n) is 2.92. The number of ether oxygens (including phenoxy) is 1. The summed E-state index contributed by atoms with van der Waals surface area (Å²) in [6.45, 7) is 10.9. The molecule has 1 saturated heterocycles. The summed E-state index contributed by atoms with van der Waals surface area (Å²) in [4.78, 5) is 9.07. The topological polar surface area (TPSA) is 54.1 Å². The van der Waals surface area contributed by atoms with Gasteiger partial charge < -0.3 is 20.3 Å². The van der Waals surface area contributed by atoms with E-state index in [9.17, 15) is 0 Å². The van der Waals surface area contributed by atoms with Crippen LogP contribution in [0.25, 0.3) is 0 Å². The molecule has 1 heterocycles. The van der Waals surface area contributed by atoms with Crippen LogP contribution in [-0.4, -0.2) is 55.1 Å². The number of likely N-dealkylation sites (tertiary alicyclic amines) is 1. The highest BCUT2D eigenvalue weighted by atomic mass is 127. The molecule has 0 atom stereocenters. The summed E-state index contributed by atoms with van der Waals surface area (Å²) in [5.41, 5.74) is 7.25. The van der Waals surface area contributed by atoms with Crippen molar-refractivity contribution in [1.82, 2.24) is 9.80 Å². The quantitative estimate of drug-likeness (QED) is 0.368. The number of hydrogen-bond donors (Lipinski definition) is 1. The second-order valence-electron chi connectivity index (χ2n) is 6.24. The second-order valence-corrected chi connectivity index (χ2v) is 6.24. The summed E-state index contributed by atoms with van der Waals surface area (Å²) < 4.78 is 5.81. The molecule has 25 heavy (non-hydrogen) atoms. The molecule has 2 rings (SSSR count). The number of guanidine groups is 1. The molecule has 5 nitrogen and oxygen atoms in total. The van der Waals surface area contributed by atoms with E-state index in [1.165, 1.54) is 19.3 Å². The van der Waals surface area contributed by atoms with E-state index in [1.807, 2.05) is 12.1 Å². The maximum absolute atomic E-state index is 6.09. The first-order chi connectivity index (χ1) is 11.7. The first kappa shape index (κ1) is 22.0. The summed E-state index contributed by atoms with van der Waals surface area (Å²) >= 11 is 0. The minimum atomic E-state index is 0. The molecule has 1 aliphatic rings. The highest BCUT2D eigenvalue weighted by molar-refractivity contribution is 14.0. The molecule has 2 N–H and O–H groups in total. The Morgan fingerprint density at radius 1 is 1.12 bits per heavy atom. The summed E-state index contributed by atoms with van der Waals surface area (Å²) in [5.74, 6) is 1.59. The van der Waals surface area contributed by atoms with E-state index in [0.717, 1.165) is 50.6 Å². The average molecular weight is 460 g/mol. The molecule has 0 amide bonds. The molecule has 0 unspecified atom stereocenters. The van der Waals surface area contributed by atoms with E-state index in [-0.39, 0.29) is 24.0 Å². The number of hydrogen-bond acceptors (Lipinski definition) is 3. The van der Waals surface area contributed by atoms with Crippen LogP contribution in [0, 0.1) is 0 Å². The van der Waals surface area contributed by atoms with Gasteiger partial charge in [0.05, 0.1) is 6.54 Å². The van der Waals surface area contributed by atoms with E-state index < -0.39 is 0 Å². The molecule has 142 valence electrons. The Morgan fingerprint density at radius 3 is 2.36 bits per heavy atom. The Morgan fingerprint density at radius 2 is 1.76 bits per heavy atom. The van der Waals surface area contributed by atoms with Crippen molar-refractivity contribution >= 4 is 29.9 Å². The minimum absolute atomic E-state index is 0. The fraction of sp³-hybridized carbons (Fsp3) is 0.632. The van der Waals surface area contributed by atoms with Gasteiger partial charge in [0.15, 0.2) is 5.96 Å². The van der Waals surface area contributed by atoms with E-state index in [2.05, 4.69) is 40.8 Å². The average Bonchev–Trinajstić information content (AvgIpc) is 2.65. The largest absolute Gasteiger partial charge is 0.492 e. The van der Waals surface area contributed by atoms with Gasteiger partial charge in [-0.05, 0) is 50.0 Å². The van der Waals surface area contributed by atoms with Crippen LogP contribution in [0.4, 0.5) is 0 Å². The van der Waals surface area contributed by atoms with Crippen LogP contribution in [0.2, 0.25) is 0 Å². The third-order valence-corrected chi connectivity index (χ3v) is 4.60. The van der Waals surface area contributed by atoms with Crippen molar-refractivity contribution < 1.29 is 4.74 Å². The Hall–Kier alpha value is -1.02. The number of rotatable bonds is 8. The van der Waals surface area contributed by atoms with Crippen molar-refractivity contribution in [2.24, 2.45) is 10.7 Å². The predicted octanol–water partition coefficient (Wildman–Crippen LogP) is 3.33. The molecule has 1 aromatic rings. The standard InChI is InChI=1S/C19H32N4O.HI/c1-3-22(4-2)14-15-24-18-10-8-17(9-11-18)16-21-19(20)23-12-6-5-7-13-23;/h8-11H,3-7,12-16H2,1-2H3,(H2,20,21);1H. The Labute approximate surface area is 169 Å². The first-order valence-corrected chi connectivity index (χ1v) is 9.22. The van der Waals surface area contributed by atoms with Crippen LogP contribution in [0.15, 0.2) is 29.3 Å². The zero-order chi connectivity index (χ0) is 17.2. The monoisotopic (exact) mass is 460 g/mol. The van der Waals surface area contributed by atoms with Gasteiger partial charge in [0, 0.05) is 19.6 Å². The minimum Gasteiger partial charge on any atom is -0.492 e. The van der Waals surface area contributed by atoms with Gasteiger partial charge in [-0.1, -0.05) is 26.0 Å². The molecule has 1 aromatic carbocycles. The second kappa shape index (κ2) is 12.4. The molecule has 6 heteroatoms. The number of benzene rings is 1. The van der Waals surface area contributed by atoms with Crippen LogP contribution < -0.4 is 10.5 Å². The third-order valence-electron chi connectivity index (χ3n) is 4.60. The van der Waals surface area contributed by atoms with Crippen LogP contribution in [0.1, 0.15) is 38.7 Å². The molecule has 0 aromatic heterocycles. The first-order valence-electron chi connectivity index (χ1n) is 9.22. The van der Waals surface area contributed by atoms with Crippen LogP contribution >= 0.6 is 24.0 Å². The maximum atomic E-state index is 6.09. The summed E-state index contributed by atoms with van der Waals surface area (Å²) in [6.07, 6.45) is 3.74. The van der Waals surface area contributed by atoms with Gasteiger partial charge in [-0.25, -0.2) is 4.99 Å². The molecule has 1 fully saturated rings. The molecule has 0 spiro atoms. The van der Waals surface area contributed by atoms with Crippen molar-refractivity contribution in [3.05, 3.63) is 29.8 Å². The van der Waals surface area contributed by atoms with Crippen LogP contribution in [0.3, 0.4) is 0 Å². The van der Waals surface area contributed by atoms with E-state index in [1.54, 1.807) is 0 Å². The van der Waals surface area contributed by atoms with Crippen LogP contribution in [-0.2, 0) is 6.54 Å². The zero-order valence-corrected chi connectivity index (χ0v) is 17.9. The predicted molar refractivity (Wildman–Crippen MR) is 116 cm³/mol. The Bertz CT molecular complexity index is 497. The number of likely N-dealkylation sites (N-methyl/N-ethyl adjacent to an activating group) is 1. The zero-order valence-electron chi connectivity index (χ0n) is 15.6. The normalized spacial score (nSPS) is 15.2. The molecule has 0 saturated carbocycles. The Balaban J connectivity index is 0.00000312. The number of nitrogens with two attached hydrogens (primary N) is 1. The maximum Gasteiger partial charge on any atom is 0.191 e. The molecular weight excluding hydrogens is 427 g/mol. The van der Waals surface area contributed by atoms with Gasteiger partial charge in [-0.3, -0.25) is 0 Å². The summed E-state index contributed by atoms with van der Waals surface area (Å²) in [6, 6.07) is 8.17. The lowest BCUT2D eigenvalue weighted by atomic mass is 10.1. The van der Waals surface area contributed by atoms with Crippen molar-refractivity contribution in [2.75, 3.05) is 39.3 Å². The van der Waals surface area contributed by atoms with Gasteiger partial charge in [0.25, 0.3) is 0 Å². The molecule has 0 bridgehead atoms. The lowest BCUT2D eigenvalue weighted by Gasteiger charge is -2.27. The lowest BCUT2D eigenvalue weighted by molar-refractivity contribution is 0.223. The number of nitrogens with zero attached hydrogens (tertiary/aromatic N) is 3. The lowest BCUT2D eigenvalue weighted by Crippen LogP contribution is -2.40. The van der Waals surface area contributed by atoms with Crippen molar-refractivity contribution in [1.29, 1.82) is 0 Å². The van der Waals surface area contributed by atoms with E-state index in [4.69, 9.17) is 10.5 Å². The van der Waals surface area contributed by atoms with Gasteiger partial charge in [0.2, 0.25) is 0 Å². The fourth-order valence-corrected chi connectivity index (χ4v) is 2.92. The SMILES string of the molecule is CCN(CC)CCOc1ccc(CN=C(N)N2CCCCC2)cc1.I. The smallest absolute Gasteiger partial charge is 0.191 e. The van der Waals surface area contributed by atoms with Gasteiger partial charge >= 0.3 is 0 Å². The highest BCUT2D eigenvalue weighted by Crippen LogP contribution is 2.13. The summed E-state index contributed by atoms with van der Waals surface area (Å²) in [7, 11) is 0. The third kappa shape index (κ3) is 7.81. The number of piperidine rings is 1. The van der Waals surface area contributed by atoms with E-state index >= 15 is 0 Å². The van der Waals surface area contributed by atoms with Crippen LogP contribution in [0.5, 0.6) is 5.75 Å². The van der Waals surface area contributed by atoms with Gasteiger partial charge in [-0.2, -0.15) is 0 Å². The van der Waals surface area contributed by atoms with Crippen molar-refractivity contribution in [3.8, 4) is 5.75 Å².